The fourth-order valence-corrected chi connectivity index (χ4v) is 2.42. The lowest BCUT2D eigenvalue weighted by Crippen LogP contribution is -2.24. The van der Waals surface area contributed by atoms with E-state index >= 15 is 0 Å². The molecule has 3 heteroatoms. The van der Waals surface area contributed by atoms with Gasteiger partial charge in [0.05, 0.1) is 12.2 Å². The monoisotopic (exact) mass is 214 g/mol. The summed E-state index contributed by atoms with van der Waals surface area (Å²) in [5, 5.41) is 20.8. The zero-order valence-electron chi connectivity index (χ0n) is 8.68. The molecule has 0 radical (unpaired) electrons. The lowest BCUT2D eigenvalue weighted by molar-refractivity contribution is 0.0217. The molecule has 1 heterocycles. The molecule has 1 rings (SSSR count). The smallest absolute Gasteiger partial charge is 0.0802 e. The molecule has 0 aliphatic rings. The quantitative estimate of drug-likeness (QED) is 0.790. The van der Waals surface area contributed by atoms with Crippen LogP contribution in [0.3, 0.4) is 0 Å². The van der Waals surface area contributed by atoms with Crippen LogP contribution in [-0.4, -0.2) is 22.4 Å². The third-order valence-electron chi connectivity index (χ3n) is 2.52. The van der Waals surface area contributed by atoms with Crippen LogP contribution in [0.5, 0.6) is 0 Å². The lowest BCUT2D eigenvalue weighted by Gasteiger charge is -2.19. The van der Waals surface area contributed by atoms with Gasteiger partial charge < -0.3 is 10.2 Å². The summed E-state index contributed by atoms with van der Waals surface area (Å²) in [7, 11) is 0. The van der Waals surface area contributed by atoms with Crippen LogP contribution in [-0.2, 0) is 0 Å². The van der Waals surface area contributed by atoms with E-state index in [1.807, 2.05) is 11.4 Å². The highest BCUT2D eigenvalue weighted by molar-refractivity contribution is 7.10. The average molecular weight is 214 g/mol. The van der Waals surface area contributed by atoms with Crippen LogP contribution in [0.15, 0.2) is 17.5 Å². The van der Waals surface area contributed by atoms with E-state index in [1.54, 1.807) is 18.3 Å². The normalized spacial score (nSPS) is 17.7. The van der Waals surface area contributed by atoms with Crippen molar-refractivity contribution in [3.05, 3.63) is 22.4 Å². The Morgan fingerprint density at radius 2 is 2.14 bits per heavy atom. The topological polar surface area (TPSA) is 40.5 Å². The highest BCUT2D eigenvalue weighted by atomic mass is 32.1. The molecule has 80 valence electrons. The maximum absolute atomic E-state index is 9.58. The second-order valence-corrected chi connectivity index (χ2v) is 4.64. The first-order chi connectivity index (χ1) is 6.65. The first-order valence-corrected chi connectivity index (χ1v) is 5.92. The second kappa shape index (κ2) is 5.49. The van der Waals surface area contributed by atoms with E-state index in [4.69, 9.17) is 0 Å². The summed E-state index contributed by atoms with van der Waals surface area (Å²) in [4.78, 5) is 1.30. The number of aliphatic hydroxyl groups is 2. The number of hydrogen-bond donors (Lipinski definition) is 2. The Balaban J connectivity index is 2.56. The van der Waals surface area contributed by atoms with Crippen molar-refractivity contribution in [1.29, 1.82) is 0 Å². The van der Waals surface area contributed by atoms with Crippen LogP contribution in [0.25, 0.3) is 0 Å². The summed E-state index contributed by atoms with van der Waals surface area (Å²) in [6.07, 6.45) is 0.407. The number of rotatable bonds is 5. The van der Waals surface area contributed by atoms with Crippen LogP contribution in [0.2, 0.25) is 0 Å². The fraction of sp³-hybridized carbons (Fsp3) is 0.636. The minimum absolute atomic E-state index is 0.375. The first-order valence-electron chi connectivity index (χ1n) is 5.04. The summed E-state index contributed by atoms with van der Waals surface area (Å²) < 4.78 is 0. The molecule has 0 saturated heterocycles. The van der Waals surface area contributed by atoms with Gasteiger partial charge in [-0.3, -0.25) is 0 Å². The van der Waals surface area contributed by atoms with Gasteiger partial charge >= 0.3 is 0 Å². The van der Waals surface area contributed by atoms with Gasteiger partial charge in [-0.15, -0.1) is 11.3 Å². The molecule has 0 aliphatic carbocycles. The van der Waals surface area contributed by atoms with Gasteiger partial charge in [-0.1, -0.05) is 13.0 Å². The van der Waals surface area contributed by atoms with Crippen molar-refractivity contribution >= 4 is 11.3 Å². The maximum Gasteiger partial charge on any atom is 0.0802 e. The zero-order valence-corrected chi connectivity index (χ0v) is 9.50. The molecule has 1 aromatic rings. The van der Waals surface area contributed by atoms with E-state index < -0.39 is 12.2 Å². The molecule has 14 heavy (non-hydrogen) atoms. The molecule has 0 aliphatic heterocycles. The summed E-state index contributed by atoms with van der Waals surface area (Å²) in [5.41, 5.74) is 0. The van der Waals surface area contributed by atoms with Crippen LogP contribution in [0.4, 0.5) is 0 Å². The lowest BCUT2D eigenvalue weighted by atomic mass is 9.95. The highest BCUT2D eigenvalue weighted by Gasteiger charge is 2.18. The molecule has 0 saturated carbocycles. The third kappa shape index (κ3) is 3.08. The van der Waals surface area contributed by atoms with E-state index in [-0.39, 0.29) is 0 Å². The van der Waals surface area contributed by atoms with Gasteiger partial charge in [0.2, 0.25) is 0 Å². The Morgan fingerprint density at radius 1 is 1.43 bits per heavy atom. The van der Waals surface area contributed by atoms with Crippen molar-refractivity contribution in [3.8, 4) is 0 Å². The molecule has 2 nitrogen and oxygen atoms in total. The molecular formula is C11H18O2S. The van der Waals surface area contributed by atoms with Crippen LogP contribution in [0, 0.1) is 0 Å². The Labute approximate surface area is 89.2 Å². The van der Waals surface area contributed by atoms with Gasteiger partial charge in [0.25, 0.3) is 0 Å². The maximum atomic E-state index is 9.58. The SMILES string of the molecule is CCC(CC(O)C(C)O)c1cccs1. The number of hydrogen-bond acceptors (Lipinski definition) is 3. The van der Waals surface area contributed by atoms with Gasteiger partial charge in [-0.2, -0.15) is 0 Å². The molecule has 1 aromatic heterocycles. The predicted molar refractivity (Wildman–Crippen MR) is 59.7 cm³/mol. The second-order valence-electron chi connectivity index (χ2n) is 3.66. The number of aliphatic hydroxyl groups excluding tert-OH is 2. The van der Waals surface area contributed by atoms with Gasteiger partial charge in [0.1, 0.15) is 0 Å². The van der Waals surface area contributed by atoms with Gasteiger partial charge in [-0.25, -0.2) is 0 Å². The van der Waals surface area contributed by atoms with E-state index in [9.17, 15) is 10.2 Å². The molecule has 3 unspecified atom stereocenters. The molecular weight excluding hydrogens is 196 g/mol. The Kier molecular flexibility index (Phi) is 4.58. The molecule has 0 aromatic carbocycles. The Hall–Kier alpha value is -0.380. The fourth-order valence-electron chi connectivity index (χ4n) is 1.50. The van der Waals surface area contributed by atoms with Crippen molar-refractivity contribution in [1.82, 2.24) is 0 Å². The highest BCUT2D eigenvalue weighted by Crippen LogP contribution is 2.28. The van der Waals surface area contributed by atoms with Crippen molar-refractivity contribution in [2.45, 2.75) is 44.8 Å². The van der Waals surface area contributed by atoms with E-state index in [0.717, 1.165) is 6.42 Å². The summed E-state index contributed by atoms with van der Waals surface area (Å²) >= 11 is 1.72. The van der Waals surface area contributed by atoms with Crippen LogP contribution >= 0.6 is 11.3 Å². The van der Waals surface area contributed by atoms with Crippen LogP contribution in [0.1, 0.15) is 37.5 Å². The van der Waals surface area contributed by atoms with Gasteiger partial charge in [0.15, 0.2) is 0 Å². The van der Waals surface area contributed by atoms with Crippen molar-refractivity contribution < 1.29 is 10.2 Å². The summed E-state index contributed by atoms with van der Waals surface area (Å²) in [6.45, 7) is 3.74. The molecule has 0 spiro atoms. The molecule has 0 bridgehead atoms. The Morgan fingerprint density at radius 3 is 2.57 bits per heavy atom. The number of thiophene rings is 1. The standard InChI is InChI=1S/C11H18O2S/c1-3-9(7-10(13)8(2)12)11-5-4-6-14-11/h4-6,8-10,12-13H,3,7H2,1-2H3. The van der Waals surface area contributed by atoms with Gasteiger partial charge in [-0.05, 0) is 37.1 Å². The minimum atomic E-state index is -0.635. The largest absolute Gasteiger partial charge is 0.391 e. The average Bonchev–Trinajstić information content (AvgIpc) is 2.66. The third-order valence-corrected chi connectivity index (χ3v) is 3.56. The zero-order chi connectivity index (χ0) is 10.6. The summed E-state index contributed by atoms with van der Waals surface area (Å²) in [6, 6.07) is 4.12. The predicted octanol–water partition coefficient (Wildman–Crippen LogP) is 2.37. The minimum Gasteiger partial charge on any atom is -0.391 e. The van der Waals surface area contributed by atoms with E-state index in [0.29, 0.717) is 12.3 Å². The molecule has 0 amide bonds. The van der Waals surface area contributed by atoms with E-state index in [2.05, 4.69) is 13.0 Å². The summed E-state index contributed by atoms with van der Waals surface area (Å²) in [5.74, 6) is 0.375. The van der Waals surface area contributed by atoms with Crippen LogP contribution < -0.4 is 0 Å². The van der Waals surface area contributed by atoms with Crippen molar-refractivity contribution in [3.63, 3.8) is 0 Å². The van der Waals surface area contributed by atoms with Crippen molar-refractivity contribution in [2.24, 2.45) is 0 Å². The molecule has 2 N–H and O–H groups in total. The first kappa shape index (κ1) is 11.7. The Bertz CT molecular complexity index is 244. The van der Waals surface area contributed by atoms with Crippen molar-refractivity contribution in [2.75, 3.05) is 0 Å². The van der Waals surface area contributed by atoms with E-state index in [1.165, 1.54) is 4.88 Å². The molecule has 3 atom stereocenters. The molecule has 0 fully saturated rings. The van der Waals surface area contributed by atoms with Gasteiger partial charge in [0, 0.05) is 4.88 Å².